The standard InChI is InChI=1S/C14H18N2O4/c17-13(7-5-11-3-1-2-8-20-11)16-10-4-6-12(14(18)19)15-9-10/h4,6,9,11H,1-3,5,7-8H2,(H,16,17)(H,18,19). The molecule has 2 heterocycles. The molecule has 2 rings (SSSR count). The molecule has 0 spiro atoms. The second-order valence-corrected chi connectivity index (χ2v) is 4.81. The first-order chi connectivity index (χ1) is 9.65. The van der Waals surface area contributed by atoms with Crippen molar-refractivity contribution in [2.24, 2.45) is 0 Å². The average molecular weight is 278 g/mol. The highest BCUT2D eigenvalue weighted by Gasteiger charge is 2.15. The van der Waals surface area contributed by atoms with E-state index in [1.54, 1.807) is 0 Å². The van der Waals surface area contributed by atoms with Crippen LogP contribution < -0.4 is 5.32 Å². The molecule has 6 heteroatoms. The molecule has 1 saturated heterocycles. The molecular weight excluding hydrogens is 260 g/mol. The molecule has 1 amide bonds. The first kappa shape index (κ1) is 14.5. The minimum absolute atomic E-state index is 0.0430. The fourth-order valence-electron chi connectivity index (χ4n) is 2.14. The summed E-state index contributed by atoms with van der Waals surface area (Å²) >= 11 is 0. The highest BCUT2D eigenvalue weighted by atomic mass is 16.5. The number of anilines is 1. The van der Waals surface area contributed by atoms with Crippen molar-refractivity contribution in [3.63, 3.8) is 0 Å². The zero-order valence-electron chi connectivity index (χ0n) is 11.2. The molecule has 1 aromatic heterocycles. The summed E-state index contributed by atoms with van der Waals surface area (Å²) in [5, 5.41) is 11.4. The molecule has 1 aliphatic heterocycles. The number of ether oxygens (including phenoxy) is 1. The van der Waals surface area contributed by atoms with Crippen LogP contribution in [0.25, 0.3) is 0 Å². The maximum Gasteiger partial charge on any atom is 0.354 e. The number of rotatable bonds is 5. The Kier molecular flexibility index (Phi) is 5.06. The highest BCUT2D eigenvalue weighted by molar-refractivity contribution is 5.91. The van der Waals surface area contributed by atoms with Crippen molar-refractivity contribution in [2.75, 3.05) is 11.9 Å². The molecule has 0 radical (unpaired) electrons. The highest BCUT2D eigenvalue weighted by Crippen LogP contribution is 2.17. The van der Waals surface area contributed by atoms with E-state index in [2.05, 4.69) is 10.3 Å². The summed E-state index contributed by atoms with van der Waals surface area (Å²) in [6.07, 6.45) is 5.91. The van der Waals surface area contributed by atoms with E-state index in [1.807, 2.05) is 0 Å². The SMILES string of the molecule is O=C(CCC1CCCCO1)Nc1ccc(C(=O)O)nc1. The van der Waals surface area contributed by atoms with Gasteiger partial charge in [0.05, 0.1) is 18.0 Å². The van der Waals surface area contributed by atoms with Gasteiger partial charge >= 0.3 is 5.97 Å². The van der Waals surface area contributed by atoms with Crippen LogP contribution in [0.4, 0.5) is 5.69 Å². The van der Waals surface area contributed by atoms with Crippen molar-refractivity contribution in [2.45, 2.75) is 38.2 Å². The molecular formula is C14H18N2O4. The van der Waals surface area contributed by atoms with Gasteiger partial charge in [0.2, 0.25) is 5.91 Å². The second kappa shape index (κ2) is 7.00. The summed E-state index contributed by atoms with van der Waals surface area (Å²) in [5.41, 5.74) is 0.461. The van der Waals surface area contributed by atoms with E-state index in [1.165, 1.54) is 18.3 Å². The number of pyridine rings is 1. The molecule has 1 unspecified atom stereocenters. The Balaban J connectivity index is 1.77. The number of nitrogens with one attached hydrogen (secondary N) is 1. The van der Waals surface area contributed by atoms with Gasteiger partial charge in [-0.05, 0) is 37.8 Å². The van der Waals surface area contributed by atoms with Gasteiger partial charge < -0.3 is 15.2 Å². The molecule has 0 saturated carbocycles. The fraction of sp³-hybridized carbons (Fsp3) is 0.500. The largest absolute Gasteiger partial charge is 0.477 e. The van der Waals surface area contributed by atoms with Crippen molar-refractivity contribution in [1.82, 2.24) is 4.98 Å². The van der Waals surface area contributed by atoms with Gasteiger partial charge in [0.25, 0.3) is 0 Å². The minimum atomic E-state index is -1.09. The van der Waals surface area contributed by atoms with E-state index in [0.29, 0.717) is 18.5 Å². The van der Waals surface area contributed by atoms with Gasteiger partial charge in [0, 0.05) is 13.0 Å². The lowest BCUT2D eigenvalue weighted by Crippen LogP contribution is -2.21. The number of nitrogens with zero attached hydrogens (tertiary/aromatic N) is 1. The summed E-state index contributed by atoms with van der Waals surface area (Å²) in [7, 11) is 0. The number of carbonyl (C=O) groups is 2. The Hall–Kier alpha value is -1.95. The van der Waals surface area contributed by atoms with Crippen LogP contribution >= 0.6 is 0 Å². The molecule has 2 N–H and O–H groups in total. The smallest absolute Gasteiger partial charge is 0.354 e. The van der Waals surface area contributed by atoms with E-state index < -0.39 is 5.97 Å². The Morgan fingerprint density at radius 3 is 2.85 bits per heavy atom. The fourth-order valence-corrected chi connectivity index (χ4v) is 2.14. The van der Waals surface area contributed by atoms with E-state index in [4.69, 9.17) is 9.84 Å². The lowest BCUT2D eigenvalue weighted by atomic mass is 10.0. The lowest BCUT2D eigenvalue weighted by molar-refractivity contribution is -0.117. The zero-order chi connectivity index (χ0) is 14.4. The van der Waals surface area contributed by atoms with Gasteiger partial charge in [-0.25, -0.2) is 9.78 Å². The van der Waals surface area contributed by atoms with Crippen molar-refractivity contribution >= 4 is 17.6 Å². The van der Waals surface area contributed by atoms with Crippen LogP contribution in [-0.4, -0.2) is 34.7 Å². The minimum Gasteiger partial charge on any atom is -0.477 e. The molecule has 20 heavy (non-hydrogen) atoms. The van der Waals surface area contributed by atoms with Crippen LogP contribution in [0.3, 0.4) is 0 Å². The molecule has 1 aliphatic rings. The first-order valence-electron chi connectivity index (χ1n) is 6.76. The number of aromatic nitrogens is 1. The number of amides is 1. The summed E-state index contributed by atoms with van der Waals surface area (Å²) in [4.78, 5) is 26.2. The Morgan fingerprint density at radius 2 is 2.25 bits per heavy atom. The molecule has 1 fully saturated rings. The lowest BCUT2D eigenvalue weighted by Gasteiger charge is -2.22. The van der Waals surface area contributed by atoms with Crippen LogP contribution in [-0.2, 0) is 9.53 Å². The van der Waals surface area contributed by atoms with E-state index >= 15 is 0 Å². The van der Waals surface area contributed by atoms with Crippen LogP contribution in [0.1, 0.15) is 42.6 Å². The molecule has 0 aromatic carbocycles. The maximum absolute atomic E-state index is 11.8. The van der Waals surface area contributed by atoms with E-state index in [9.17, 15) is 9.59 Å². The van der Waals surface area contributed by atoms with E-state index in [0.717, 1.165) is 25.9 Å². The number of hydrogen-bond acceptors (Lipinski definition) is 4. The topological polar surface area (TPSA) is 88.5 Å². The number of carboxylic acids is 1. The van der Waals surface area contributed by atoms with Gasteiger partial charge in [0.15, 0.2) is 0 Å². The third kappa shape index (κ3) is 4.31. The van der Waals surface area contributed by atoms with Gasteiger partial charge in [0.1, 0.15) is 5.69 Å². The summed E-state index contributed by atoms with van der Waals surface area (Å²) in [6, 6.07) is 2.90. The van der Waals surface area contributed by atoms with Crippen LogP contribution in [0.2, 0.25) is 0 Å². The van der Waals surface area contributed by atoms with Crippen molar-refractivity contribution < 1.29 is 19.4 Å². The van der Waals surface area contributed by atoms with Gasteiger partial charge in [-0.1, -0.05) is 0 Å². The predicted octanol–water partition coefficient (Wildman–Crippen LogP) is 2.07. The quantitative estimate of drug-likeness (QED) is 0.860. The molecule has 0 aliphatic carbocycles. The Bertz CT molecular complexity index is 467. The van der Waals surface area contributed by atoms with Crippen molar-refractivity contribution in [3.8, 4) is 0 Å². The molecule has 1 aromatic rings. The van der Waals surface area contributed by atoms with Crippen molar-refractivity contribution in [1.29, 1.82) is 0 Å². The summed E-state index contributed by atoms with van der Waals surface area (Å²) in [5.74, 6) is -1.19. The maximum atomic E-state index is 11.8. The number of aromatic carboxylic acids is 1. The normalized spacial score (nSPS) is 18.5. The van der Waals surface area contributed by atoms with Crippen LogP contribution in [0.5, 0.6) is 0 Å². The van der Waals surface area contributed by atoms with Gasteiger partial charge in [-0.3, -0.25) is 4.79 Å². The van der Waals surface area contributed by atoms with Crippen LogP contribution in [0.15, 0.2) is 18.3 Å². The third-order valence-corrected chi connectivity index (χ3v) is 3.23. The Morgan fingerprint density at radius 1 is 1.40 bits per heavy atom. The van der Waals surface area contributed by atoms with Gasteiger partial charge in [-0.2, -0.15) is 0 Å². The number of hydrogen-bond donors (Lipinski definition) is 2. The molecule has 0 bridgehead atoms. The Labute approximate surface area is 117 Å². The number of carboxylic acid groups (broad SMARTS) is 1. The summed E-state index contributed by atoms with van der Waals surface area (Å²) in [6.45, 7) is 0.785. The average Bonchev–Trinajstić information content (AvgIpc) is 2.47. The summed E-state index contributed by atoms with van der Waals surface area (Å²) < 4.78 is 5.56. The molecule has 1 atom stereocenters. The monoisotopic (exact) mass is 278 g/mol. The predicted molar refractivity (Wildman–Crippen MR) is 72.7 cm³/mol. The van der Waals surface area contributed by atoms with Crippen molar-refractivity contribution in [3.05, 3.63) is 24.0 Å². The van der Waals surface area contributed by atoms with Crippen LogP contribution in [0, 0.1) is 0 Å². The van der Waals surface area contributed by atoms with Gasteiger partial charge in [-0.15, -0.1) is 0 Å². The molecule has 6 nitrogen and oxygen atoms in total. The number of carbonyl (C=O) groups excluding carboxylic acids is 1. The first-order valence-corrected chi connectivity index (χ1v) is 6.76. The second-order valence-electron chi connectivity index (χ2n) is 4.81. The van der Waals surface area contributed by atoms with E-state index in [-0.39, 0.29) is 17.7 Å². The zero-order valence-corrected chi connectivity index (χ0v) is 11.2. The molecule has 108 valence electrons. The third-order valence-electron chi connectivity index (χ3n) is 3.23.